The highest BCUT2D eigenvalue weighted by atomic mass is 14.0. The Morgan fingerprint density at radius 3 is 1.80 bits per heavy atom. The van der Waals surface area contributed by atoms with Gasteiger partial charge < -0.3 is 0 Å². The summed E-state index contributed by atoms with van der Waals surface area (Å²) in [5, 5.41) is 0. The second-order valence-electron chi connectivity index (χ2n) is 4.05. The van der Waals surface area contributed by atoms with Crippen LogP contribution in [0.15, 0.2) is 54.6 Å². The predicted molar refractivity (Wildman–Crippen MR) is 93.9 cm³/mol. The van der Waals surface area contributed by atoms with Crippen LogP contribution in [0.4, 0.5) is 0 Å². The molecule has 0 saturated heterocycles. The molecule has 0 atom stereocenters. The summed E-state index contributed by atoms with van der Waals surface area (Å²) in [7, 11) is 0. The fourth-order valence-electron chi connectivity index (χ4n) is 1.77. The normalized spacial score (nSPS) is 9.80. The summed E-state index contributed by atoms with van der Waals surface area (Å²) >= 11 is 0. The number of benzene rings is 2. The maximum Gasteiger partial charge on any atom is -0.0225 e. The van der Waals surface area contributed by atoms with Gasteiger partial charge >= 0.3 is 0 Å². The van der Waals surface area contributed by atoms with E-state index in [0.29, 0.717) is 0 Å². The summed E-state index contributed by atoms with van der Waals surface area (Å²) in [6.07, 6.45) is 2.24. The Balaban J connectivity index is 0.000000829. The monoisotopic (exact) mass is 268 g/mol. The first-order valence-electron chi connectivity index (χ1n) is 7.57. The molecule has 2 aromatic carbocycles. The number of hydrogen-bond donors (Lipinski definition) is 0. The number of rotatable bonds is 2. The highest BCUT2D eigenvalue weighted by molar-refractivity contribution is 5.80. The van der Waals surface area contributed by atoms with E-state index in [-0.39, 0.29) is 0 Å². The molecule has 0 aliphatic heterocycles. The van der Waals surface area contributed by atoms with Gasteiger partial charge in [0.05, 0.1) is 0 Å². The SMILES string of the molecule is C/C(=C\c1ccccc1C)c1ccccc1.CC.CC. The average molecular weight is 268 g/mol. The van der Waals surface area contributed by atoms with Gasteiger partial charge in [-0.25, -0.2) is 0 Å². The van der Waals surface area contributed by atoms with Crippen molar-refractivity contribution >= 4 is 11.6 Å². The molecule has 2 aromatic rings. The third-order valence-corrected chi connectivity index (χ3v) is 2.79. The van der Waals surface area contributed by atoms with Crippen LogP contribution in [-0.2, 0) is 0 Å². The Morgan fingerprint density at radius 2 is 1.25 bits per heavy atom. The van der Waals surface area contributed by atoms with Crippen LogP contribution in [0, 0.1) is 6.92 Å². The Hall–Kier alpha value is -1.82. The summed E-state index contributed by atoms with van der Waals surface area (Å²) < 4.78 is 0. The van der Waals surface area contributed by atoms with E-state index >= 15 is 0 Å². The second kappa shape index (κ2) is 11.0. The molecule has 2 rings (SSSR count). The molecule has 0 radical (unpaired) electrons. The molecule has 0 amide bonds. The molecule has 108 valence electrons. The summed E-state index contributed by atoms with van der Waals surface area (Å²) in [5.74, 6) is 0. The van der Waals surface area contributed by atoms with E-state index in [9.17, 15) is 0 Å². The minimum absolute atomic E-state index is 1.28. The molecule has 20 heavy (non-hydrogen) atoms. The molecule has 0 N–H and O–H groups in total. The van der Waals surface area contributed by atoms with Crippen molar-refractivity contribution in [3.8, 4) is 0 Å². The lowest BCUT2D eigenvalue weighted by Gasteiger charge is -2.03. The van der Waals surface area contributed by atoms with Crippen molar-refractivity contribution in [2.24, 2.45) is 0 Å². The molecule has 0 aromatic heterocycles. The number of aryl methyl sites for hydroxylation is 1. The first-order valence-corrected chi connectivity index (χ1v) is 7.57. The van der Waals surface area contributed by atoms with Gasteiger partial charge in [0.25, 0.3) is 0 Å². The smallest absolute Gasteiger partial charge is 0.0225 e. The van der Waals surface area contributed by atoms with E-state index in [2.05, 4.69) is 68.5 Å². The van der Waals surface area contributed by atoms with E-state index < -0.39 is 0 Å². The average Bonchev–Trinajstić information content (AvgIpc) is 2.54. The van der Waals surface area contributed by atoms with E-state index in [0.717, 1.165) is 0 Å². The molecular weight excluding hydrogens is 240 g/mol. The van der Waals surface area contributed by atoms with Crippen molar-refractivity contribution in [3.63, 3.8) is 0 Å². The van der Waals surface area contributed by atoms with Gasteiger partial charge in [0.1, 0.15) is 0 Å². The predicted octanol–water partition coefficient (Wildman–Crippen LogP) is 6.61. The third kappa shape index (κ3) is 5.88. The fraction of sp³-hybridized carbons (Fsp3) is 0.300. The van der Waals surface area contributed by atoms with Crippen molar-refractivity contribution in [2.75, 3.05) is 0 Å². The van der Waals surface area contributed by atoms with Gasteiger partial charge in [-0.15, -0.1) is 0 Å². The molecule has 0 heteroatoms. The van der Waals surface area contributed by atoms with Crippen LogP contribution in [0.5, 0.6) is 0 Å². The largest absolute Gasteiger partial charge is 0.0683 e. The standard InChI is InChI=1S/C16H16.2C2H6/c1-13-8-6-7-11-16(13)12-14(2)15-9-4-3-5-10-15;2*1-2/h3-12H,1-2H3;2*1-2H3/b14-12+;;. The zero-order valence-electron chi connectivity index (χ0n) is 13.8. The molecule has 0 aliphatic rings. The molecule has 0 unspecified atom stereocenters. The van der Waals surface area contributed by atoms with Gasteiger partial charge in [-0.1, -0.05) is 88.4 Å². The molecule has 0 bridgehead atoms. The lowest BCUT2D eigenvalue weighted by atomic mass is 10.0. The van der Waals surface area contributed by atoms with Gasteiger partial charge in [0.15, 0.2) is 0 Å². The second-order valence-corrected chi connectivity index (χ2v) is 4.05. The zero-order valence-corrected chi connectivity index (χ0v) is 13.8. The highest BCUT2D eigenvalue weighted by Crippen LogP contribution is 2.18. The fourth-order valence-corrected chi connectivity index (χ4v) is 1.77. The maximum absolute atomic E-state index is 2.24. The van der Waals surface area contributed by atoms with Crippen molar-refractivity contribution in [1.29, 1.82) is 0 Å². The van der Waals surface area contributed by atoms with Crippen molar-refractivity contribution in [3.05, 3.63) is 71.3 Å². The van der Waals surface area contributed by atoms with Crippen LogP contribution in [0.2, 0.25) is 0 Å². The highest BCUT2D eigenvalue weighted by Gasteiger charge is 1.96. The summed E-state index contributed by atoms with van der Waals surface area (Å²) in [6.45, 7) is 12.3. The van der Waals surface area contributed by atoms with E-state index in [4.69, 9.17) is 0 Å². The first kappa shape index (κ1) is 18.2. The molecule has 0 spiro atoms. The number of hydrogen-bond acceptors (Lipinski definition) is 0. The van der Waals surface area contributed by atoms with Crippen LogP contribution in [0.3, 0.4) is 0 Å². The van der Waals surface area contributed by atoms with Crippen LogP contribution >= 0.6 is 0 Å². The lowest BCUT2D eigenvalue weighted by molar-refractivity contribution is 1.44. The third-order valence-electron chi connectivity index (χ3n) is 2.79. The first-order chi connectivity index (χ1) is 9.77. The van der Waals surface area contributed by atoms with Gasteiger partial charge in [-0.3, -0.25) is 0 Å². The maximum atomic E-state index is 2.24. The van der Waals surface area contributed by atoms with Crippen molar-refractivity contribution in [1.82, 2.24) is 0 Å². The van der Waals surface area contributed by atoms with Gasteiger partial charge in [-0.2, -0.15) is 0 Å². The summed E-state index contributed by atoms with van der Waals surface area (Å²) in [4.78, 5) is 0. The van der Waals surface area contributed by atoms with Gasteiger partial charge in [-0.05, 0) is 36.1 Å². The van der Waals surface area contributed by atoms with E-state index in [1.165, 1.54) is 22.3 Å². The Bertz CT molecular complexity index is 492. The zero-order chi connectivity index (χ0) is 15.4. The molecule has 0 heterocycles. The molecule has 0 aliphatic carbocycles. The molecule has 0 nitrogen and oxygen atoms in total. The minimum atomic E-state index is 1.28. The minimum Gasteiger partial charge on any atom is -0.0683 e. The Morgan fingerprint density at radius 1 is 0.750 bits per heavy atom. The van der Waals surface area contributed by atoms with Gasteiger partial charge in [0, 0.05) is 0 Å². The number of allylic oxidation sites excluding steroid dienone is 1. The van der Waals surface area contributed by atoms with Crippen LogP contribution < -0.4 is 0 Å². The van der Waals surface area contributed by atoms with E-state index in [1.807, 2.05) is 33.8 Å². The van der Waals surface area contributed by atoms with Crippen LogP contribution in [-0.4, -0.2) is 0 Å². The Labute approximate surface area is 125 Å². The van der Waals surface area contributed by atoms with Gasteiger partial charge in [0.2, 0.25) is 0 Å². The van der Waals surface area contributed by atoms with Crippen molar-refractivity contribution in [2.45, 2.75) is 41.5 Å². The molecule has 0 saturated carbocycles. The molecular formula is C20H28. The topological polar surface area (TPSA) is 0 Å². The summed E-state index contributed by atoms with van der Waals surface area (Å²) in [6, 6.07) is 18.9. The lowest BCUT2D eigenvalue weighted by Crippen LogP contribution is -1.82. The molecule has 0 fully saturated rings. The van der Waals surface area contributed by atoms with Crippen LogP contribution in [0.25, 0.3) is 11.6 Å². The summed E-state index contributed by atoms with van der Waals surface area (Å²) in [5.41, 5.74) is 5.20. The Kier molecular flexibility index (Phi) is 10.0. The van der Waals surface area contributed by atoms with E-state index in [1.54, 1.807) is 0 Å². The quantitative estimate of drug-likeness (QED) is 0.538. The van der Waals surface area contributed by atoms with Crippen LogP contribution in [0.1, 0.15) is 51.3 Å². The van der Waals surface area contributed by atoms with Crippen molar-refractivity contribution < 1.29 is 0 Å².